The Morgan fingerprint density at radius 3 is 3.33 bits per heavy atom. The molecule has 2 aliphatic heterocycles. The molecule has 0 aromatic heterocycles. The fourth-order valence-electron chi connectivity index (χ4n) is 0.655. The van der Waals surface area contributed by atoms with Crippen LogP contribution in [0.4, 0.5) is 0 Å². The van der Waals surface area contributed by atoms with Gasteiger partial charge in [-0.05, 0) is 5.41 Å². The van der Waals surface area contributed by atoms with Crippen LogP contribution in [0, 0.1) is 0 Å². The van der Waals surface area contributed by atoms with E-state index in [0.717, 1.165) is 16.0 Å². The zero-order valence-corrected chi connectivity index (χ0v) is 6.21. The molecular formula is C5H4N2S2. The molecule has 46 valence electrons. The molecule has 2 aliphatic rings. The minimum Gasteiger partial charge on any atom is -0.264 e. The molecule has 0 aromatic carbocycles. The smallest absolute Gasteiger partial charge is 0.130 e. The van der Waals surface area contributed by atoms with E-state index in [1.165, 1.54) is 0 Å². The minimum absolute atomic E-state index is 0.850. The highest BCUT2D eigenvalue weighted by atomic mass is 32.2. The van der Waals surface area contributed by atoms with E-state index < -0.39 is 0 Å². The Morgan fingerprint density at radius 2 is 2.44 bits per heavy atom. The second-order valence-electron chi connectivity index (χ2n) is 1.57. The standard InChI is InChI=1S/C5H4N2S2/c1-2-8-5-4(6-1)9-3-7-5/h1-2H,3H2. The highest BCUT2D eigenvalue weighted by Crippen LogP contribution is 2.25. The zero-order valence-electron chi connectivity index (χ0n) is 4.57. The Morgan fingerprint density at radius 1 is 1.44 bits per heavy atom. The first-order valence-corrected chi connectivity index (χ1v) is 4.40. The fraction of sp³-hybridized carbons (Fsp3) is 0.200. The van der Waals surface area contributed by atoms with Crippen molar-refractivity contribution in [2.24, 2.45) is 9.98 Å². The average Bonchev–Trinajstić information content (AvgIpc) is 2.33. The lowest BCUT2D eigenvalue weighted by Crippen LogP contribution is -2.00. The molecule has 2 heterocycles. The number of hydrogen-bond acceptors (Lipinski definition) is 4. The van der Waals surface area contributed by atoms with Gasteiger partial charge in [-0.3, -0.25) is 4.99 Å². The van der Waals surface area contributed by atoms with Crippen molar-refractivity contribution < 1.29 is 0 Å². The van der Waals surface area contributed by atoms with E-state index in [1.807, 2.05) is 11.6 Å². The second-order valence-corrected chi connectivity index (χ2v) is 3.40. The Kier molecular flexibility index (Phi) is 1.35. The van der Waals surface area contributed by atoms with Gasteiger partial charge in [0.15, 0.2) is 0 Å². The van der Waals surface area contributed by atoms with E-state index in [1.54, 1.807) is 23.5 Å². The molecular weight excluding hydrogens is 152 g/mol. The van der Waals surface area contributed by atoms with Crippen molar-refractivity contribution in [1.82, 2.24) is 0 Å². The average molecular weight is 156 g/mol. The summed E-state index contributed by atoms with van der Waals surface area (Å²) in [4.78, 5) is 8.36. The molecule has 0 amide bonds. The number of nitrogens with zero attached hydrogens (tertiary/aromatic N) is 2. The molecule has 2 nitrogen and oxygen atoms in total. The molecule has 9 heavy (non-hydrogen) atoms. The van der Waals surface area contributed by atoms with E-state index in [4.69, 9.17) is 0 Å². The molecule has 0 atom stereocenters. The summed E-state index contributed by atoms with van der Waals surface area (Å²) in [6, 6.07) is 0. The quantitative estimate of drug-likeness (QED) is 0.533. The molecule has 0 bridgehead atoms. The minimum atomic E-state index is 0.850. The van der Waals surface area contributed by atoms with Gasteiger partial charge in [0.25, 0.3) is 0 Å². The van der Waals surface area contributed by atoms with Gasteiger partial charge in [0.2, 0.25) is 0 Å². The lowest BCUT2D eigenvalue weighted by atomic mass is 10.7. The Balaban J connectivity index is 2.37. The van der Waals surface area contributed by atoms with Gasteiger partial charge in [0.1, 0.15) is 10.1 Å². The van der Waals surface area contributed by atoms with Crippen LogP contribution in [-0.2, 0) is 0 Å². The maximum absolute atomic E-state index is 4.22. The number of thioether (sulfide) groups is 2. The van der Waals surface area contributed by atoms with E-state index in [0.29, 0.717) is 0 Å². The monoisotopic (exact) mass is 156 g/mol. The van der Waals surface area contributed by atoms with Crippen LogP contribution in [0.25, 0.3) is 0 Å². The van der Waals surface area contributed by atoms with Gasteiger partial charge in [-0.1, -0.05) is 23.5 Å². The molecule has 2 rings (SSSR count). The van der Waals surface area contributed by atoms with E-state index in [-0.39, 0.29) is 0 Å². The van der Waals surface area contributed by atoms with Crippen LogP contribution >= 0.6 is 23.5 Å². The summed E-state index contributed by atoms with van der Waals surface area (Å²) in [7, 11) is 0. The Hall–Kier alpha value is -0.220. The van der Waals surface area contributed by atoms with Crippen molar-refractivity contribution in [1.29, 1.82) is 0 Å². The van der Waals surface area contributed by atoms with Crippen molar-refractivity contribution in [2.45, 2.75) is 0 Å². The molecule has 0 unspecified atom stereocenters. The molecule has 0 saturated carbocycles. The number of aliphatic imine (C=N–C) groups is 2. The van der Waals surface area contributed by atoms with Crippen LogP contribution in [0.3, 0.4) is 0 Å². The maximum atomic E-state index is 4.22. The summed E-state index contributed by atoms with van der Waals surface area (Å²) >= 11 is 3.35. The molecule has 4 heteroatoms. The third-order valence-electron chi connectivity index (χ3n) is 1.02. The van der Waals surface area contributed by atoms with Crippen molar-refractivity contribution in [3.05, 3.63) is 11.6 Å². The van der Waals surface area contributed by atoms with E-state index >= 15 is 0 Å². The van der Waals surface area contributed by atoms with Gasteiger partial charge in [-0.15, -0.1) is 0 Å². The molecule has 0 aliphatic carbocycles. The first kappa shape index (κ1) is 5.56. The number of rotatable bonds is 0. The molecule has 0 N–H and O–H groups in total. The third-order valence-corrected chi connectivity index (χ3v) is 2.79. The van der Waals surface area contributed by atoms with Crippen molar-refractivity contribution in [3.8, 4) is 0 Å². The van der Waals surface area contributed by atoms with Crippen molar-refractivity contribution in [2.75, 3.05) is 5.88 Å². The first-order chi connectivity index (χ1) is 4.47. The van der Waals surface area contributed by atoms with Gasteiger partial charge in [0, 0.05) is 6.20 Å². The normalized spacial score (nSPS) is 23.1. The molecule has 0 saturated heterocycles. The van der Waals surface area contributed by atoms with Crippen LogP contribution in [0.15, 0.2) is 21.6 Å². The maximum Gasteiger partial charge on any atom is 0.130 e. The second kappa shape index (κ2) is 2.19. The van der Waals surface area contributed by atoms with Crippen LogP contribution in [0.1, 0.15) is 0 Å². The lowest BCUT2D eigenvalue weighted by molar-refractivity contribution is 1.42. The van der Waals surface area contributed by atoms with E-state index in [9.17, 15) is 0 Å². The highest BCUT2D eigenvalue weighted by molar-refractivity contribution is 8.27. The molecule has 0 fully saturated rings. The molecule has 0 radical (unpaired) electrons. The van der Waals surface area contributed by atoms with Crippen LogP contribution in [0.2, 0.25) is 0 Å². The summed E-state index contributed by atoms with van der Waals surface area (Å²) in [5.74, 6) is 0.850. The van der Waals surface area contributed by atoms with Gasteiger partial charge >= 0.3 is 0 Å². The zero-order chi connectivity index (χ0) is 6.10. The topological polar surface area (TPSA) is 24.7 Å². The number of fused-ring (bicyclic) bond motifs is 1. The molecule has 0 spiro atoms. The molecule has 0 aromatic rings. The van der Waals surface area contributed by atoms with Crippen molar-refractivity contribution >= 4 is 33.6 Å². The first-order valence-electron chi connectivity index (χ1n) is 2.54. The lowest BCUT2D eigenvalue weighted by Gasteiger charge is -1.98. The Bertz CT molecular complexity index is 217. The predicted octanol–water partition coefficient (Wildman–Crippen LogP) is 1.71. The fourth-order valence-corrected chi connectivity index (χ4v) is 2.24. The third kappa shape index (κ3) is 0.923. The summed E-state index contributed by atoms with van der Waals surface area (Å²) < 4.78 is 0. The van der Waals surface area contributed by atoms with Crippen molar-refractivity contribution in [3.63, 3.8) is 0 Å². The van der Waals surface area contributed by atoms with Gasteiger partial charge in [-0.25, -0.2) is 4.99 Å². The van der Waals surface area contributed by atoms with Crippen LogP contribution in [0.5, 0.6) is 0 Å². The van der Waals surface area contributed by atoms with E-state index in [2.05, 4.69) is 9.98 Å². The summed E-state index contributed by atoms with van der Waals surface area (Å²) in [5.41, 5.74) is 0. The van der Waals surface area contributed by atoms with Gasteiger partial charge in [-0.2, -0.15) is 0 Å². The van der Waals surface area contributed by atoms with Gasteiger partial charge < -0.3 is 0 Å². The largest absolute Gasteiger partial charge is 0.264 e. The summed E-state index contributed by atoms with van der Waals surface area (Å²) in [6.07, 6.45) is 1.82. The van der Waals surface area contributed by atoms with Crippen LogP contribution in [-0.4, -0.2) is 16.0 Å². The van der Waals surface area contributed by atoms with Gasteiger partial charge in [0.05, 0.1) is 5.88 Å². The number of hydrogen-bond donors (Lipinski definition) is 0. The predicted molar refractivity (Wildman–Crippen MR) is 44.1 cm³/mol. The highest BCUT2D eigenvalue weighted by Gasteiger charge is 2.16. The SMILES string of the molecule is C1=CSC2=NCSC2=N1. The summed E-state index contributed by atoms with van der Waals surface area (Å²) in [5, 5.41) is 4.12. The summed E-state index contributed by atoms with van der Waals surface area (Å²) in [6.45, 7) is 0. The van der Waals surface area contributed by atoms with Crippen LogP contribution < -0.4 is 0 Å². The Labute approximate surface area is 61.5 Å².